The molecule has 0 rings (SSSR count). The molecule has 0 saturated carbocycles. The quantitative estimate of drug-likeness (QED) is 0.426. The number of methoxy groups -OCH3 is 2. The van der Waals surface area contributed by atoms with E-state index in [1.54, 1.807) is 14.2 Å². The van der Waals surface area contributed by atoms with Gasteiger partial charge in [-0.2, -0.15) is 0 Å². The van der Waals surface area contributed by atoms with Gasteiger partial charge >= 0.3 is 0 Å². The molecule has 0 atom stereocenters. The molecule has 0 fully saturated rings. The third-order valence-corrected chi connectivity index (χ3v) is 2.59. The first-order chi connectivity index (χ1) is 9.35. The maximum Gasteiger partial charge on any atom is 0.0700 e. The van der Waals surface area contributed by atoms with Gasteiger partial charge in [-0.25, -0.2) is 0 Å². The van der Waals surface area contributed by atoms with Gasteiger partial charge in [0.2, 0.25) is 0 Å². The first kappa shape index (κ1) is 18.8. The van der Waals surface area contributed by atoms with Crippen molar-refractivity contribution in [1.82, 2.24) is 4.90 Å². The van der Waals surface area contributed by atoms with Crippen molar-refractivity contribution in [2.45, 2.75) is 6.42 Å². The van der Waals surface area contributed by atoms with E-state index in [1.165, 1.54) is 0 Å². The van der Waals surface area contributed by atoms with E-state index >= 15 is 0 Å². The summed E-state index contributed by atoms with van der Waals surface area (Å²) < 4.78 is 20.7. The first-order valence-corrected chi connectivity index (χ1v) is 6.81. The lowest BCUT2D eigenvalue weighted by Crippen LogP contribution is -2.33. The summed E-state index contributed by atoms with van der Waals surface area (Å²) in [6.45, 7) is 6.49. The van der Waals surface area contributed by atoms with E-state index < -0.39 is 0 Å². The van der Waals surface area contributed by atoms with E-state index in [-0.39, 0.29) is 6.61 Å². The normalized spacial score (nSPS) is 11.4. The van der Waals surface area contributed by atoms with Gasteiger partial charge in [0.15, 0.2) is 0 Å². The van der Waals surface area contributed by atoms with Crippen LogP contribution in [0.2, 0.25) is 0 Å². The Bertz CT molecular complexity index is 171. The Kier molecular flexibility index (Phi) is 15.6. The predicted octanol–water partition coefficient (Wildman–Crippen LogP) is -0.00320. The van der Waals surface area contributed by atoms with Gasteiger partial charge in [-0.3, -0.25) is 4.90 Å². The van der Waals surface area contributed by atoms with Gasteiger partial charge in [0, 0.05) is 40.5 Å². The molecular formula is C13H29NO5. The molecular weight excluding hydrogens is 250 g/mol. The molecule has 0 aromatic rings. The highest BCUT2D eigenvalue weighted by atomic mass is 16.5. The van der Waals surface area contributed by atoms with Gasteiger partial charge < -0.3 is 24.1 Å². The summed E-state index contributed by atoms with van der Waals surface area (Å²) in [6, 6.07) is 0. The fourth-order valence-electron chi connectivity index (χ4n) is 1.57. The predicted molar refractivity (Wildman–Crippen MR) is 73.5 cm³/mol. The molecule has 0 unspecified atom stereocenters. The van der Waals surface area contributed by atoms with Crippen molar-refractivity contribution in [3.63, 3.8) is 0 Å². The number of nitrogens with zero attached hydrogens (tertiary/aromatic N) is 1. The minimum Gasteiger partial charge on any atom is -0.394 e. The number of rotatable bonds is 15. The SMILES string of the molecule is COCCCN(CCOCCO)CCOCCOC. The monoisotopic (exact) mass is 279 g/mol. The van der Waals surface area contributed by atoms with Crippen molar-refractivity contribution >= 4 is 0 Å². The van der Waals surface area contributed by atoms with Crippen molar-refractivity contribution in [1.29, 1.82) is 0 Å². The van der Waals surface area contributed by atoms with E-state index in [0.717, 1.165) is 32.7 Å². The molecule has 6 nitrogen and oxygen atoms in total. The zero-order valence-corrected chi connectivity index (χ0v) is 12.3. The van der Waals surface area contributed by atoms with Gasteiger partial charge in [0.25, 0.3) is 0 Å². The van der Waals surface area contributed by atoms with E-state index in [2.05, 4.69) is 4.90 Å². The highest BCUT2D eigenvalue weighted by Crippen LogP contribution is 1.94. The number of hydrogen-bond donors (Lipinski definition) is 1. The van der Waals surface area contributed by atoms with Crippen LogP contribution < -0.4 is 0 Å². The molecule has 0 amide bonds. The summed E-state index contributed by atoms with van der Waals surface area (Å²) in [7, 11) is 3.38. The average Bonchev–Trinajstić information content (AvgIpc) is 2.42. The molecule has 0 aliphatic carbocycles. The standard InChI is InChI=1S/C13H29NO5/c1-16-8-3-4-14(5-9-18-11-7-15)6-10-19-13-12-17-2/h15H,3-13H2,1-2H3. The highest BCUT2D eigenvalue weighted by Gasteiger charge is 2.04. The van der Waals surface area contributed by atoms with Gasteiger partial charge in [-0.05, 0) is 6.42 Å². The minimum absolute atomic E-state index is 0.0732. The largest absolute Gasteiger partial charge is 0.394 e. The lowest BCUT2D eigenvalue weighted by Gasteiger charge is -2.22. The molecule has 0 heterocycles. The van der Waals surface area contributed by atoms with E-state index in [0.29, 0.717) is 33.0 Å². The van der Waals surface area contributed by atoms with Gasteiger partial charge in [0.05, 0.1) is 39.6 Å². The van der Waals surface area contributed by atoms with Crippen LogP contribution in [-0.2, 0) is 18.9 Å². The molecule has 0 aromatic heterocycles. The smallest absolute Gasteiger partial charge is 0.0700 e. The van der Waals surface area contributed by atoms with Crippen LogP contribution in [0.25, 0.3) is 0 Å². The maximum absolute atomic E-state index is 8.64. The average molecular weight is 279 g/mol. The lowest BCUT2D eigenvalue weighted by molar-refractivity contribution is 0.0411. The summed E-state index contributed by atoms with van der Waals surface area (Å²) >= 11 is 0. The minimum atomic E-state index is 0.0732. The van der Waals surface area contributed by atoms with Crippen LogP contribution in [0.5, 0.6) is 0 Å². The number of aliphatic hydroxyl groups excluding tert-OH is 1. The molecule has 116 valence electrons. The van der Waals surface area contributed by atoms with E-state index in [9.17, 15) is 0 Å². The zero-order chi connectivity index (χ0) is 14.2. The van der Waals surface area contributed by atoms with Crippen molar-refractivity contribution in [2.24, 2.45) is 0 Å². The third kappa shape index (κ3) is 14.0. The Morgan fingerprint density at radius 1 is 0.737 bits per heavy atom. The second-order valence-electron chi connectivity index (χ2n) is 4.13. The van der Waals surface area contributed by atoms with E-state index in [4.69, 9.17) is 24.1 Å². The van der Waals surface area contributed by atoms with Crippen LogP contribution >= 0.6 is 0 Å². The fourth-order valence-corrected chi connectivity index (χ4v) is 1.57. The van der Waals surface area contributed by atoms with Crippen LogP contribution in [0, 0.1) is 0 Å². The molecule has 1 N–H and O–H groups in total. The number of ether oxygens (including phenoxy) is 4. The first-order valence-electron chi connectivity index (χ1n) is 6.81. The second-order valence-corrected chi connectivity index (χ2v) is 4.13. The third-order valence-electron chi connectivity index (χ3n) is 2.59. The van der Waals surface area contributed by atoms with Gasteiger partial charge in [-0.1, -0.05) is 0 Å². The van der Waals surface area contributed by atoms with Crippen molar-refractivity contribution in [3.8, 4) is 0 Å². The number of hydrogen-bond acceptors (Lipinski definition) is 6. The Morgan fingerprint density at radius 2 is 1.37 bits per heavy atom. The molecule has 6 heteroatoms. The lowest BCUT2D eigenvalue weighted by atomic mass is 10.4. The Labute approximate surface area is 116 Å². The molecule has 0 aliphatic heterocycles. The van der Waals surface area contributed by atoms with Crippen molar-refractivity contribution < 1.29 is 24.1 Å². The van der Waals surface area contributed by atoms with Crippen LogP contribution in [0.3, 0.4) is 0 Å². The second kappa shape index (κ2) is 15.8. The number of aliphatic hydroxyl groups is 1. The molecule has 0 saturated heterocycles. The summed E-state index contributed by atoms with van der Waals surface area (Å²) in [6.07, 6.45) is 0.995. The van der Waals surface area contributed by atoms with Gasteiger partial charge in [0.1, 0.15) is 0 Å². The molecule has 0 radical (unpaired) electrons. The molecule has 0 spiro atoms. The van der Waals surface area contributed by atoms with Crippen LogP contribution in [0.4, 0.5) is 0 Å². The molecule has 0 bridgehead atoms. The van der Waals surface area contributed by atoms with Crippen molar-refractivity contribution in [3.05, 3.63) is 0 Å². The highest BCUT2D eigenvalue weighted by molar-refractivity contribution is 4.57. The summed E-state index contributed by atoms with van der Waals surface area (Å²) in [4.78, 5) is 2.28. The Morgan fingerprint density at radius 3 is 1.95 bits per heavy atom. The molecule has 19 heavy (non-hydrogen) atoms. The summed E-state index contributed by atoms with van der Waals surface area (Å²) in [5.41, 5.74) is 0. The summed E-state index contributed by atoms with van der Waals surface area (Å²) in [5.74, 6) is 0. The maximum atomic E-state index is 8.64. The Balaban J connectivity index is 3.63. The van der Waals surface area contributed by atoms with Crippen LogP contribution in [-0.4, -0.2) is 90.1 Å². The van der Waals surface area contributed by atoms with Gasteiger partial charge in [-0.15, -0.1) is 0 Å². The molecule has 0 aliphatic rings. The Hall–Kier alpha value is -0.240. The molecule has 0 aromatic carbocycles. The van der Waals surface area contributed by atoms with Crippen LogP contribution in [0.15, 0.2) is 0 Å². The van der Waals surface area contributed by atoms with Crippen molar-refractivity contribution in [2.75, 3.05) is 80.1 Å². The fraction of sp³-hybridized carbons (Fsp3) is 1.00. The van der Waals surface area contributed by atoms with E-state index in [1.807, 2.05) is 0 Å². The zero-order valence-electron chi connectivity index (χ0n) is 12.3. The topological polar surface area (TPSA) is 60.4 Å². The van der Waals surface area contributed by atoms with Crippen LogP contribution in [0.1, 0.15) is 6.42 Å². The summed E-state index contributed by atoms with van der Waals surface area (Å²) in [5, 5.41) is 8.64.